The lowest BCUT2D eigenvalue weighted by atomic mass is 10.0. The molecule has 3 rings (SSSR count). The van der Waals surface area contributed by atoms with Gasteiger partial charge in [-0.1, -0.05) is 17.7 Å². The number of rotatable bonds is 2. The molecule has 2 aliphatic rings. The van der Waals surface area contributed by atoms with Crippen molar-refractivity contribution < 1.29 is 21.6 Å². The van der Waals surface area contributed by atoms with Gasteiger partial charge in [0, 0.05) is 13.1 Å². The molecule has 0 radical (unpaired) electrons. The quantitative estimate of drug-likeness (QED) is 0.885. The lowest BCUT2D eigenvalue weighted by molar-refractivity contribution is -0.139. The first-order valence-electron chi connectivity index (χ1n) is 6.78. The van der Waals surface area contributed by atoms with Gasteiger partial charge < -0.3 is 5.32 Å². The van der Waals surface area contributed by atoms with Gasteiger partial charge in [-0.25, -0.2) is 8.42 Å². The predicted molar refractivity (Wildman–Crippen MR) is 75.1 cm³/mol. The Kier molecular flexibility index (Phi) is 3.91. The van der Waals surface area contributed by atoms with Crippen LogP contribution in [-0.4, -0.2) is 38.9 Å². The van der Waals surface area contributed by atoms with Crippen molar-refractivity contribution in [1.82, 2.24) is 9.62 Å². The first-order chi connectivity index (χ1) is 10.2. The molecular weight excluding hydrogens is 341 g/mol. The zero-order valence-electron chi connectivity index (χ0n) is 11.4. The molecule has 2 saturated heterocycles. The van der Waals surface area contributed by atoms with Gasteiger partial charge in [-0.15, -0.1) is 0 Å². The van der Waals surface area contributed by atoms with E-state index in [9.17, 15) is 21.6 Å². The van der Waals surface area contributed by atoms with E-state index in [2.05, 4.69) is 5.32 Å². The molecule has 0 spiro atoms. The van der Waals surface area contributed by atoms with Crippen molar-refractivity contribution in [2.24, 2.45) is 11.8 Å². The molecule has 9 heteroatoms. The second-order valence-electron chi connectivity index (χ2n) is 5.61. The number of sulfonamides is 1. The molecule has 0 unspecified atom stereocenters. The molecule has 0 bridgehead atoms. The van der Waals surface area contributed by atoms with Gasteiger partial charge in [0.05, 0.1) is 10.6 Å². The summed E-state index contributed by atoms with van der Waals surface area (Å²) in [5.41, 5.74) is -1.21. The van der Waals surface area contributed by atoms with E-state index in [0.29, 0.717) is 13.1 Å². The Bertz CT molecular complexity index is 681. The first-order valence-corrected chi connectivity index (χ1v) is 8.59. The molecule has 0 amide bonds. The Balaban J connectivity index is 2.03. The second-order valence-corrected chi connectivity index (χ2v) is 7.90. The number of nitrogens with zero attached hydrogens (tertiary/aromatic N) is 1. The molecule has 122 valence electrons. The van der Waals surface area contributed by atoms with Crippen molar-refractivity contribution >= 4 is 21.6 Å². The van der Waals surface area contributed by atoms with Gasteiger partial charge in [0.1, 0.15) is 4.90 Å². The van der Waals surface area contributed by atoms with Gasteiger partial charge in [-0.05, 0) is 37.1 Å². The minimum absolute atomic E-state index is 0.145. The second kappa shape index (κ2) is 5.36. The van der Waals surface area contributed by atoms with Gasteiger partial charge in [0.15, 0.2) is 0 Å². The van der Waals surface area contributed by atoms with Gasteiger partial charge in [0.2, 0.25) is 10.0 Å². The number of hydrogen-bond donors (Lipinski definition) is 1. The fourth-order valence-electron chi connectivity index (χ4n) is 3.13. The number of alkyl halides is 3. The van der Waals surface area contributed by atoms with Gasteiger partial charge in [-0.3, -0.25) is 0 Å². The standard InChI is InChI=1S/C13H14ClF3N2O2S/c14-11-3-1-2-10(13(15,16)17)12(11)22(20,21)19-6-8-4-18-5-9(8)7-19/h1-3,8-9,18H,4-7H2/t8-,9+. The van der Waals surface area contributed by atoms with E-state index in [1.807, 2.05) is 0 Å². The van der Waals surface area contributed by atoms with Crippen molar-refractivity contribution in [3.05, 3.63) is 28.8 Å². The molecule has 22 heavy (non-hydrogen) atoms. The topological polar surface area (TPSA) is 49.4 Å². The average Bonchev–Trinajstić information content (AvgIpc) is 2.97. The minimum Gasteiger partial charge on any atom is -0.316 e. The molecule has 2 fully saturated rings. The number of halogens is 4. The maximum atomic E-state index is 13.1. The molecular formula is C13H14ClF3N2O2S. The van der Waals surface area contributed by atoms with Crippen LogP contribution in [0.15, 0.2) is 23.1 Å². The molecule has 2 heterocycles. The van der Waals surface area contributed by atoms with E-state index in [4.69, 9.17) is 11.6 Å². The van der Waals surface area contributed by atoms with Crippen LogP contribution in [0, 0.1) is 11.8 Å². The van der Waals surface area contributed by atoms with Crippen molar-refractivity contribution in [1.29, 1.82) is 0 Å². The number of fused-ring (bicyclic) bond motifs is 1. The van der Waals surface area contributed by atoms with Crippen molar-refractivity contribution in [3.63, 3.8) is 0 Å². The highest BCUT2D eigenvalue weighted by molar-refractivity contribution is 7.89. The third kappa shape index (κ3) is 2.62. The average molecular weight is 355 g/mol. The van der Waals surface area contributed by atoms with E-state index < -0.39 is 31.7 Å². The number of hydrogen-bond acceptors (Lipinski definition) is 3. The molecule has 4 nitrogen and oxygen atoms in total. The highest BCUT2D eigenvalue weighted by Gasteiger charge is 2.45. The summed E-state index contributed by atoms with van der Waals surface area (Å²) < 4.78 is 65.8. The first kappa shape index (κ1) is 16.0. The van der Waals surface area contributed by atoms with Crippen LogP contribution in [0.4, 0.5) is 13.2 Å². The maximum Gasteiger partial charge on any atom is 0.417 e. The zero-order valence-corrected chi connectivity index (χ0v) is 13.0. The van der Waals surface area contributed by atoms with Crippen LogP contribution < -0.4 is 5.32 Å². The molecule has 0 aliphatic carbocycles. The molecule has 2 atom stereocenters. The van der Waals surface area contributed by atoms with E-state index in [1.165, 1.54) is 6.07 Å². The predicted octanol–water partition coefficient (Wildman–Crippen LogP) is 2.20. The number of benzene rings is 1. The van der Waals surface area contributed by atoms with E-state index >= 15 is 0 Å². The van der Waals surface area contributed by atoms with Crippen LogP contribution >= 0.6 is 11.6 Å². The molecule has 1 N–H and O–H groups in total. The monoisotopic (exact) mass is 354 g/mol. The molecule has 0 saturated carbocycles. The van der Waals surface area contributed by atoms with Crippen LogP contribution in [0.5, 0.6) is 0 Å². The molecule has 1 aromatic rings. The van der Waals surface area contributed by atoms with Crippen molar-refractivity contribution in [3.8, 4) is 0 Å². The Morgan fingerprint density at radius 3 is 2.32 bits per heavy atom. The third-order valence-electron chi connectivity index (χ3n) is 4.23. The van der Waals surface area contributed by atoms with E-state index in [1.54, 1.807) is 0 Å². The minimum atomic E-state index is -4.77. The van der Waals surface area contributed by atoms with Gasteiger partial charge in [-0.2, -0.15) is 17.5 Å². The van der Waals surface area contributed by atoms with E-state index in [0.717, 1.165) is 16.4 Å². The van der Waals surface area contributed by atoms with Crippen LogP contribution in [0.25, 0.3) is 0 Å². The fourth-order valence-corrected chi connectivity index (χ4v) is 5.41. The maximum absolute atomic E-state index is 13.1. The van der Waals surface area contributed by atoms with Crippen LogP contribution in [-0.2, 0) is 16.2 Å². The highest BCUT2D eigenvalue weighted by atomic mass is 35.5. The van der Waals surface area contributed by atoms with Crippen LogP contribution in [0.1, 0.15) is 5.56 Å². The summed E-state index contributed by atoms with van der Waals surface area (Å²) in [6, 6.07) is 3.02. The van der Waals surface area contributed by atoms with Crippen molar-refractivity contribution in [2.45, 2.75) is 11.1 Å². The van der Waals surface area contributed by atoms with Gasteiger partial charge in [0.25, 0.3) is 0 Å². The fraction of sp³-hybridized carbons (Fsp3) is 0.538. The van der Waals surface area contributed by atoms with Crippen LogP contribution in [0.3, 0.4) is 0 Å². The number of nitrogens with one attached hydrogen (secondary N) is 1. The Labute approximate surface area is 131 Å². The lowest BCUT2D eigenvalue weighted by Gasteiger charge is -2.21. The van der Waals surface area contributed by atoms with Gasteiger partial charge >= 0.3 is 6.18 Å². The molecule has 2 aliphatic heterocycles. The smallest absolute Gasteiger partial charge is 0.316 e. The Morgan fingerprint density at radius 1 is 1.18 bits per heavy atom. The summed E-state index contributed by atoms with van der Waals surface area (Å²) in [5.74, 6) is 0.290. The lowest BCUT2D eigenvalue weighted by Crippen LogP contribution is -2.33. The molecule has 1 aromatic carbocycles. The van der Waals surface area contributed by atoms with E-state index in [-0.39, 0.29) is 24.9 Å². The summed E-state index contributed by atoms with van der Waals surface area (Å²) in [6.07, 6.45) is -4.77. The summed E-state index contributed by atoms with van der Waals surface area (Å²) in [6.45, 7) is 1.82. The summed E-state index contributed by atoms with van der Waals surface area (Å²) in [7, 11) is -4.27. The summed E-state index contributed by atoms with van der Waals surface area (Å²) >= 11 is 5.80. The zero-order chi connectivity index (χ0) is 16.1. The summed E-state index contributed by atoms with van der Waals surface area (Å²) in [5, 5.41) is 2.76. The van der Waals surface area contributed by atoms with Crippen LogP contribution in [0.2, 0.25) is 5.02 Å². The largest absolute Gasteiger partial charge is 0.417 e. The Morgan fingerprint density at radius 2 is 1.77 bits per heavy atom. The highest BCUT2D eigenvalue weighted by Crippen LogP contribution is 2.40. The SMILES string of the molecule is O=S(=O)(c1c(Cl)cccc1C(F)(F)F)N1C[C@H]2CNC[C@H]2C1. The summed E-state index contributed by atoms with van der Waals surface area (Å²) in [4.78, 5) is -0.836. The Hall–Kier alpha value is -0.830. The normalized spacial score (nSPS) is 26.4. The molecule has 0 aromatic heterocycles. The van der Waals surface area contributed by atoms with Crippen molar-refractivity contribution in [2.75, 3.05) is 26.2 Å². The third-order valence-corrected chi connectivity index (χ3v) is 6.59.